The van der Waals surface area contributed by atoms with Crippen LogP contribution < -0.4 is 10.1 Å². The zero-order valence-electron chi connectivity index (χ0n) is 14.2. The maximum Gasteiger partial charge on any atom is 0.280 e. The monoisotopic (exact) mass is 351 g/mol. The lowest BCUT2D eigenvalue weighted by atomic mass is 10.2. The third kappa shape index (κ3) is 3.61. The van der Waals surface area contributed by atoms with Crippen molar-refractivity contribution in [3.8, 4) is 5.75 Å². The van der Waals surface area contributed by atoms with E-state index in [-0.39, 0.29) is 17.8 Å². The lowest BCUT2D eigenvalue weighted by Gasteiger charge is -2.14. The second-order valence-corrected chi connectivity index (χ2v) is 5.92. The Bertz CT molecular complexity index is 872. The highest BCUT2D eigenvalue weighted by Gasteiger charge is 2.37. The first-order chi connectivity index (χ1) is 12.5. The molecule has 0 aliphatic carbocycles. The molecule has 0 unspecified atom stereocenters. The molecule has 2 aromatic rings. The molecule has 1 N–H and O–H groups in total. The zero-order chi connectivity index (χ0) is 18.7. The number of carbonyl (C=O) groups is 3. The summed E-state index contributed by atoms with van der Waals surface area (Å²) in [7, 11) is 0. The molecular formula is C19H17N3O4. The molecule has 0 saturated carbocycles. The lowest BCUT2D eigenvalue weighted by molar-refractivity contribution is -0.116. The summed E-state index contributed by atoms with van der Waals surface area (Å²) in [5, 5.41) is 2.66. The standard InChI is InChI=1S/C19H17N3O4/c1-12(2)11-26-14-6-3-5-13(9-14)21-16(23)10-22-18(24)15-7-4-8-20-17(15)19(22)25/h3-9H,1,10-11H2,2H3,(H,21,23). The second kappa shape index (κ2) is 7.18. The van der Waals surface area contributed by atoms with E-state index in [4.69, 9.17) is 4.74 Å². The van der Waals surface area contributed by atoms with Crippen molar-refractivity contribution in [2.24, 2.45) is 0 Å². The van der Waals surface area contributed by atoms with E-state index in [1.807, 2.05) is 6.92 Å². The van der Waals surface area contributed by atoms with E-state index in [2.05, 4.69) is 16.9 Å². The third-order valence-corrected chi connectivity index (χ3v) is 3.64. The minimum Gasteiger partial charge on any atom is -0.489 e. The van der Waals surface area contributed by atoms with Crippen molar-refractivity contribution in [3.63, 3.8) is 0 Å². The summed E-state index contributed by atoms with van der Waals surface area (Å²) in [6.45, 7) is 5.60. The molecule has 7 nitrogen and oxygen atoms in total. The molecule has 26 heavy (non-hydrogen) atoms. The van der Waals surface area contributed by atoms with Crippen LogP contribution in [0.25, 0.3) is 0 Å². The topological polar surface area (TPSA) is 88.6 Å². The Hall–Kier alpha value is -3.48. The van der Waals surface area contributed by atoms with Gasteiger partial charge in [-0.3, -0.25) is 24.3 Å². The number of amides is 3. The Labute approximate surface area is 150 Å². The van der Waals surface area contributed by atoms with Crippen LogP contribution in [0.5, 0.6) is 5.75 Å². The number of aromatic nitrogens is 1. The van der Waals surface area contributed by atoms with Gasteiger partial charge in [-0.1, -0.05) is 12.6 Å². The summed E-state index contributed by atoms with van der Waals surface area (Å²) in [6, 6.07) is 9.93. The molecule has 0 fully saturated rings. The fourth-order valence-electron chi connectivity index (χ4n) is 2.47. The Kier molecular flexibility index (Phi) is 4.79. The van der Waals surface area contributed by atoms with E-state index in [9.17, 15) is 14.4 Å². The molecule has 7 heteroatoms. The second-order valence-electron chi connectivity index (χ2n) is 5.92. The van der Waals surface area contributed by atoms with Gasteiger partial charge in [0.1, 0.15) is 24.6 Å². The Morgan fingerprint density at radius 3 is 2.77 bits per heavy atom. The van der Waals surface area contributed by atoms with E-state index in [0.29, 0.717) is 18.0 Å². The van der Waals surface area contributed by atoms with Crippen molar-refractivity contribution in [1.29, 1.82) is 0 Å². The van der Waals surface area contributed by atoms with Crippen LogP contribution in [0.4, 0.5) is 5.69 Å². The Morgan fingerprint density at radius 2 is 2.04 bits per heavy atom. The average molecular weight is 351 g/mol. The van der Waals surface area contributed by atoms with Crippen LogP contribution in [-0.4, -0.2) is 40.8 Å². The molecule has 1 aliphatic rings. The van der Waals surface area contributed by atoms with Crippen molar-refractivity contribution in [3.05, 3.63) is 66.0 Å². The predicted octanol–water partition coefficient (Wildman–Crippen LogP) is 2.27. The smallest absolute Gasteiger partial charge is 0.280 e. The van der Waals surface area contributed by atoms with Crippen LogP contribution in [0.15, 0.2) is 54.7 Å². The van der Waals surface area contributed by atoms with Gasteiger partial charge in [0, 0.05) is 18.0 Å². The highest BCUT2D eigenvalue weighted by Crippen LogP contribution is 2.21. The number of fused-ring (bicyclic) bond motifs is 1. The first-order valence-corrected chi connectivity index (χ1v) is 7.94. The number of hydrogen-bond donors (Lipinski definition) is 1. The van der Waals surface area contributed by atoms with E-state index in [1.54, 1.807) is 30.3 Å². The summed E-state index contributed by atoms with van der Waals surface area (Å²) < 4.78 is 5.52. The average Bonchev–Trinajstić information content (AvgIpc) is 2.86. The maximum atomic E-state index is 12.3. The van der Waals surface area contributed by atoms with Crippen molar-refractivity contribution in [1.82, 2.24) is 9.88 Å². The summed E-state index contributed by atoms with van der Waals surface area (Å²) >= 11 is 0. The largest absolute Gasteiger partial charge is 0.489 e. The van der Waals surface area contributed by atoms with Gasteiger partial charge in [-0.2, -0.15) is 0 Å². The number of nitrogens with one attached hydrogen (secondary N) is 1. The number of hydrogen-bond acceptors (Lipinski definition) is 5. The number of carbonyl (C=O) groups excluding carboxylic acids is 3. The van der Waals surface area contributed by atoms with Crippen LogP contribution in [0.2, 0.25) is 0 Å². The fourth-order valence-corrected chi connectivity index (χ4v) is 2.47. The number of benzene rings is 1. The van der Waals surface area contributed by atoms with Crippen molar-refractivity contribution in [2.75, 3.05) is 18.5 Å². The van der Waals surface area contributed by atoms with E-state index < -0.39 is 17.7 Å². The van der Waals surface area contributed by atoms with Crippen molar-refractivity contribution >= 4 is 23.4 Å². The molecule has 0 bridgehead atoms. The van der Waals surface area contributed by atoms with Crippen LogP contribution >= 0.6 is 0 Å². The Morgan fingerprint density at radius 1 is 1.23 bits per heavy atom. The molecule has 0 atom stereocenters. The SMILES string of the molecule is C=C(C)COc1cccc(NC(=O)CN2C(=O)c3cccnc3C2=O)c1. The van der Waals surface area contributed by atoms with Crippen molar-refractivity contribution in [2.45, 2.75) is 6.92 Å². The number of pyridine rings is 1. The van der Waals surface area contributed by atoms with Gasteiger partial charge in [-0.15, -0.1) is 0 Å². The first-order valence-electron chi connectivity index (χ1n) is 7.94. The van der Waals surface area contributed by atoms with Gasteiger partial charge in [-0.25, -0.2) is 0 Å². The number of anilines is 1. The normalized spacial score (nSPS) is 12.7. The van der Waals surface area contributed by atoms with Gasteiger partial charge >= 0.3 is 0 Å². The fraction of sp³-hybridized carbons (Fsp3) is 0.158. The van der Waals surface area contributed by atoms with Crippen LogP contribution in [0.3, 0.4) is 0 Å². The number of rotatable bonds is 6. The molecule has 2 heterocycles. The summed E-state index contributed by atoms with van der Waals surface area (Å²) in [5.74, 6) is -1.00. The first kappa shape index (κ1) is 17.3. The molecule has 3 rings (SSSR count). The minimum atomic E-state index is -0.570. The molecule has 3 amide bonds. The van der Waals surface area contributed by atoms with Gasteiger partial charge in [0.2, 0.25) is 5.91 Å². The summed E-state index contributed by atoms with van der Waals surface area (Å²) in [5.41, 5.74) is 1.66. The minimum absolute atomic E-state index is 0.0699. The van der Waals surface area contributed by atoms with Gasteiger partial charge in [0.05, 0.1) is 5.56 Å². The molecule has 132 valence electrons. The molecule has 1 aliphatic heterocycles. The maximum absolute atomic E-state index is 12.3. The lowest BCUT2D eigenvalue weighted by Crippen LogP contribution is -2.37. The summed E-state index contributed by atoms with van der Waals surface area (Å²) in [4.78, 5) is 41.5. The Balaban J connectivity index is 1.65. The molecule has 0 saturated heterocycles. The molecule has 0 spiro atoms. The highest BCUT2D eigenvalue weighted by atomic mass is 16.5. The molecule has 0 radical (unpaired) electrons. The van der Waals surface area contributed by atoms with Crippen LogP contribution in [0, 0.1) is 0 Å². The predicted molar refractivity (Wildman–Crippen MR) is 95.0 cm³/mol. The number of ether oxygens (including phenoxy) is 1. The number of nitrogens with zero attached hydrogens (tertiary/aromatic N) is 2. The molecular weight excluding hydrogens is 334 g/mol. The van der Waals surface area contributed by atoms with Gasteiger partial charge in [0.25, 0.3) is 11.8 Å². The molecule has 1 aromatic carbocycles. The van der Waals surface area contributed by atoms with Gasteiger partial charge in [0.15, 0.2) is 0 Å². The molecule has 1 aromatic heterocycles. The zero-order valence-corrected chi connectivity index (χ0v) is 14.2. The quantitative estimate of drug-likeness (QED) is 0.637. The van der Waals surface area contributed by atoms with E-state index >= 15 is 0 Å². The third-order valence-electron chi connectivity index (χ3n) is 3.64. The van der Waals surface area contributed by atoms with Crippen molar-refractivity contribution < 1.29 is 19.1 Å². The summed E-state index contributed by atoms with van der Waals surface area (Å²) in [6.07, 6.45) is 1.43. The van der Waals surface area contributed by atoms with Gasteiger partial charge < -0.3 is 10.1 Å². The highest BCUT2D eigenvalue weighted by molar-refractivity contribution is 6.21. The van der Waals surface area contributed by atoms with E-state index in [0.717, 1.165) is 10.5 Å². The van der Waals surface area contributed by atoms with Crippen LogP contribution in [-0.2, 0) is 4.79 Å². The van der Waals surface area contributed by atoms with Gasteiger partial charge in [-0.05, 0) is 36.8 Å². The van der Waals surface area contributed by atoms with Crippen LogP contribution in [0.1, 0.15) is 27.8 Å². The van der Waals surface area contributed by atoms with E-state index in [1.165, 1.54) is 12.3 Å². The number of imide groups is 1.